The van der Waals surface area contributed by atoms with Crippen LogP contribution in [0.2, 0.25) is 0 Å². The smallest absolute Gasteiger partial charge is 0.328 e. The predicted octanol–water partition coefficient (Wildman–Crippen LogP) is 1.03. The molecule has 1 aliphatic rings. The number of carboxylic acid groups (broad SMARTS) is 1. The highest BCUT2D eigenvalue weighted by molar-refractivity contribution is 5.97. The number of carbonyl (C=O) groups excluding carboxylic acids is 2. The SMILES string of the molecule is CC(C)(C)c1ccc(C(=O)NCC(=O)N2CCOCC2C(=O)O)cc1. The molecule has 0 saturated carbocycles. The van der Waals surface area contributed by atoms with Crippen LogP contribution in [0.4, 0.5) is 0 Å². The number of benzene rings is 1. The number of morpholine rings is 1. The van der Waals surface area contributed by atoms with Crippen LogP contribution >= 0.6 is 0 Å². The van der Waals surface area contributed by atoms with E-state index in [1.165, 1.54) is 4.90 Å². The monoisotopic (exact) mass is 348 g/mol. The van der Waals surface area contributed by atoms with Crippen LogP contribution in [-0.4, -0.2) is 60.1 Å². The average Bonchev–Trinajstić information content (AvgIpc) is 2.58. The molecular weight excluding hydrogens is 324 g/mol. The lowest BCUT2D eigenvalue weighted by atomic mass is 9.87. The minimum absolute atomic E-state index is 0.00680. The molecule has 1 saturated heterocycles. The Hall–Kier alpha value is -2.41. The molecule has 0 spiro atoms. The van der Waals surface area contributed by atoms with Crippen molar-refractivity contribution < 1.29 is 24.2 Å². The fraction of sp³-hybridized carbons (Fsp3) is 0.500. The molecule has 1 atom stereocenters. The summed E-state index contributed by atoms with van der Waals surface area (Å²) in [5.74, 6) is -1.92. The molecule has 1 unspecified atom stereocenters. The topological polar surface area (TPSA) is 95.9 Å². The van der Waals surface area contributed by atoms with Crippen molar-refractivity contribution in [1.82, 2.24) is 10.2 Å². The van der Waals surface area contributed by atoms with Crippen molar-refractivity contribution in [3.8, 4) is 0 Å². The summed E-state index contributed by atoms with van der Waals surface area (Å²) in [6.07, 6.45) is 0. The Morgan fingerprint density at radius 2 is 1.88 bits per heavy atom. The van der Waals surface area contributed by atoms with Crippen LogP contribution in [0.5, 0.6) is 0 Å². The van der Waals surface area contributed by atoms with Gasteiger partial charge in [-0.15, -0.1) is 0 Å². The van der Waals surface area contributed by atoms with Gasteiger partial charge in [0.25, 0.3) is 5.91 Å². The lowest BCUT2D eigenvalue weighted by Gasteiger charge is -2.32. The fourth-order valence-corrected chi connectivity index (χ4v) is 2.59. The number of nitrogens with one attached hydrogen (secondary N) is 1. The third-order valence-electron chi connectivity index (χ3n) is 4.15. The minimum Gasteiger partial charge on any atom is -0.480 e. The number of carbonyl (C=O) groups is 3. The molecule has 136 valence electrons. The van der Waals surface area contributed by atoms with E-state index in [-0.39, 0.29) is 37.6 Å². The highest BCUT2D eigenvalue weighted by Gasteiger charge is 2.32. The fourth-order valence-electron chi connectivity index (χ4n) is 2.59. The van der Waals surface area contributed by atoms with E-state index in [2.05, 4.69) is 26.1 Å². The van der Waals surface area contributed by atoms with Gasteiger partial charge >= 0.3 is 5.97 Å². The average molecular weight is 348 g/mol. The molecule has 7 nitrogen and oxygen atoms in total. The molecule has 1 aliphatic heterocycles. The third-order valence-corrected chi connectivity index (χ3v) is 4.15. The summed E-state index contributed by atoms with van der Waals surface area (Å²) in [6, 6.07) is 6.20. The molecular formula is C18H24N2O5. The quantitative estimate of drug-likeness (QED) is 0.847. The summed E-state index contributed by atoms with van der Waals surface area (Å²) in [6.45, 7) is 6.46. The molecule has 0 radical (unpaired) electrons. The van der Waals surface area contributed by atoms with Crippen molar-refractivity contribution in [1.29, 1.82) is 0 Å². The normalized spacial score (nSPS) is 17.9. The van der Waals surface area contributed by atoms with E-state index in [1.54, 1.807) is 12.1 Å². The van der Waals surface area contributed by atoms with Gasteiger partial charge in [-0.3, -0.25) is 9.59 Å². The van der Waals surface area contributed by atoms with Crippen LogP contribution in [0.25, 0.3) is 0 Å². The Labute approximate surface area is 147 Å². The van der Waals surface area contributed by atoms with Crippen LogP contribution < -0.4 is 5.32 Å². The van der Waals surface area contributed by atoms with Crippen LogP contribution in [-0.2, 0) is 19.7 Å². The lowest BCUT2D eigenvalue weighted by Crippen LogP contribution is -2.54. The third kappa shape index (κ3) is 4.79. The summed E-state index contributed by atoms with van der Waals surface area (Å²) in [4.78, 5) is 36.8. The van der Waals surface area contributed by atoms with Gasteiger partial charge in [0.05, 0.1) is 19.8 Å². The van der Waals surface area contributed by atoms with E-state index in [1.807, 2.05) is 12.1 Å². The first-order valence-electron chi connectivity index (χ1n) is 8.19. The number of carboxylic acids is 1. The van der Waals surface area contributed by atoms with Crippen molar-refractivity contribution in [2.24, 2.45) is 0 Å². The van der Waals surface area contributed by atoms with Crippen LogP contribution in [0.3, 0.4) is 0 Å². The predicted molar refractivity (Wildman–Crippen MR) is 91.4 cm³/mol. The number of aliphatic carboxylic acids is 1. The van der Waals surface area contributed by atoms with E-state index < -0.39 is 17.9 Å². The van der Waals surface area contributed by atoms with Crippen LogP contribution in [0.1, 0.15) is 36.7 Å². The molecule has 1 aromatic carbocycles. The number of nitrogens with zero attached hydrogens (tertiary/aromatic N) is 1. The van der Waals surface area contributed by atoms with Gasteiger partial charge < -0.3 is 20.1 Å². The van der Waals surface area contributed by atoms with Crippen LogP contribution in [0.15, 0.2) is 24.3 Å². The molecule has 0 aliphatic carbocycles. The second-order valence-corrected chi connectivity index (χ2v) is 7.03. The second-order valence-electron chi connectivity index (χ2n) is 7.03. The maximum absolute atomic E-state index is 12.2. The van der Waals surface area contributed by atoms with Crippen LogP contribution in [0, 0.1) is 0 Å². The Bertz CT molecular complexity index is 648. The molecule has 1 aromatic rings. The molecule has 1 fully saturated rings. The molecule has 25 heavy (non-hydrogen) atoms. The van der Waals surface area contributed by atoms with Crippen molar-refractivity contribution in [2.45, 2.75) is 32.2 Å². The lowest BCUT2D eigenvalue weighted by molar-refractivity contribution is -0.157. The Kier molecular flexibility index (Phi) is 5.79. The Morgan fingerprint density at radius 1 is 1.24 bits per heavy atom. The number of amides is 2. The second kappa shape index (κ2) is 7.65. The maximum Gasteiger partial charge on any atom is 0.328 e. The van der Waals surface area contributed by atoms with E-state index in [9.17, 15) is 14.4 Å². The molecule has 7 heteroatoms. The minimum atomic E-state index is -1.11. The van der Waals surface area contributed by atoms with E-state index in [0.29, 0.717) is 5.56 Å². The molecule has 1 heterocycles. The zero-order valence-corrected chi connectivity index (χ0v) is 14.7. The van der Waals surface area contributed by atoms with Gasteiger partial charge in [-0.2, -0.15) is 0 Å². The largest absolute Gasteiger partial charge is 0.480 e. The summed E-state index contributed by atoms with van der Waals surface area (Å²) in [5, 5.41) is 11.7. The van der Waals surface area contributed by atoms with Gasteiger partial charge in [0.15, 0.2) is 6.04 Å². The highest BCUT2D eigenvalue weighted by atomic mass is 16.5. The van der Waals surface area contributed by atoms with Gasteiger partial charge in [0.1, 0.15) is 0 Å². The van der Waals surface area contributed by atoms with Gasteiger partial charge in [-0.25, -0.2) is 4.79 Å². The van der Waals surface area contributed by atoms with Gasteiger partial charge in [-0.05, 0) is 23.1 Å². The van der Waals surface area contributed by atoms with Crippen molar-refractivity contribution in [2.75, 3.05) is 26.3 Å². The Balaban J connectivity index is 1.94. The standard InChI is InChI=1S/C18H24N2O5/c1-18(2,3)13-6-4-12(5-7-13)16(22)19-10-15(21)20-8-9-25-11-14(20)17(23)24/h4-7,14H,8-11H2,1-3H3,(H,19,22)(H,23,24). The maximum atomic E-state index is 12.2. The number of hydrogen-bond donors (Lipinski definition) is 2. The molecule has 0 aromatic heterocycles. The molecule has 2 rings (SSSR count). The summed E-state index contributed by atoms with van der Waals surface area (Å²) in [5.41, 5.74) is 1.56. The van der Waals surface area contributed by atoms with E-state index in [0.717, 1.165) is 5.56 Å². The zero-order chi connectivity index (χ0) is 18.6. The van der Waals surface area contributed by atoms with Crippen molar-refractivity contribution >= 4 is 17.8 Å². The molecule has 2 amide bonds. The van der Waals surface area contributed by atoms with Gasteiger partial charge in [0, 0.05) is 12.1 Å². The summed E-state index contributed by atoms with van der Waals surface area (Å²) in [7, 11) is 0. The number of rotatable bonds is 4. The summed E-state index contributed by atoms with van der Waals surface area (Å²) < 4.78 is 5.10. The zero-order valence-electron chi connectivity index (χ0n) is 14.7. The highest BCUT2D eigenvalue weighted by Crippen LogP contribution is 2.22. The summed E-state index contributed by atoms with van der Waals surface area (Å²) >= 11 is 0. The van der Waals surface area contributed by atoms with Crippen molar-refractivity contribution in [3.05, 3.63) is 35.4 Å². The Morgan fingerprint density at radius 3 is 2.44 bits per heavy atom. The first-order valence-corrected chi connectivity index (χ1v) is 8.19. The van der Waals surface area contributed by atoms with Crippen molar-refractivity contribution in [3.63, 3.8) is 0 Å². The number of ether oxygens (including phenoxy) is 1. The van der Waals surface area contributed by atoms with E-state index in [4.69, 9.17) is 9.84 Å². The first-order chi connectivity index (χ1) is 11.7. The first kappa shape index (κ1) is 18.9. The molecule has 0 bridgehead atoms. The van der Waals surface area contributed by atoms with Gasteiger partial charge in [0.2, 0.25) is 5.91 Å². The molecule has 2 N–H and O–H groups in total. The van der Waals surface area contributed by atoms with E-state index >= 15 is 0 Å². The number of hydrogen-bond acceptors (Lipinski definition) is 4. The van der Waals surface area contributed by atoms with Gasteiger partial charge in [-0.1, -0.05) is 32.9 Å².